The third-order valence-electron chi connectivity index (χ3n) is 3.65. The average Bonchev–Trinajstić information content (AvgIpc) is 3.12. The van der Waals surface area contributed by atoms with Gasteiger partial charge in [-0.05, 0) is 17.4 Å². The lowest BCUT2D eigenvalue weighted by atomic mass is 10.0. The van der Waals surface area contributed by atoms with Crippen molar-refractivity contribution in [1.82, 2.24) is 10.7 Å². The summed E-state index contributed by atoms with van der Waals surface area (Å²) in [5.74, 6) is -0.828. The summed E-state index contributed by atoms with van der Waals surface area (Å²) in [6.45, 7) is 3.64. The van der Waals surface area contributed by atoms with E-state index in [4.69, 9.17) is 0 Å². The molecule has 0 saturated carbocycles. The lowest BCUT2D eigenvalue weighted by molar-refractivity contribution is -0.384. The van der Waals surface area contributed by atoms with E-state index in [1.54, 1.807) is 6.07 Å². The Morgan fingerprint density at radius 1 is 1.30 bits per heavy atom. The van der Waals surface area contributed by atoms with Gasteiger partial charge in [0.1, 0.15) is 6.04 Å². The van der Waals surface area contributed by atoms with Gasteiger partial charge in [0, 0.05) is 22.6 Å². The molecule has 0 radical (unpaired) electrons. The van der Waals surface area contributed by atoms with Crippen LogP contribution >= 0.6 is 11.3 Å². The molecule has 0 fully saturated rings. The summed E-state index contributed by atoms with van der Waals surface area (Å²) < 4.78 is 0. The summed E-state index contributed by atoms with van der Waals surface area (Å²) in [7, 11) is 0. The molecule has 27 heavy (non-hydrogen) atoms. The third-order valence-corrected chi connectivity index (χ3v) is 4.53. The molecule has 2 N–H and O–H groups in total. The first-order valence-electron chi connectivity index (χ1n) is 8.26. The molecular formula is C18H20N4O4S. The molecule has 0 aliphatic carbocycles. The van der Waals surface area contributed by atoms with Crippen LogP contribution in [0.25, 0.3) is 0 Å². The number of nitrogens with one attached hydrogen (secondary N) is 2. The monoisotopic (exact) mass is 388 g/mol. The zero-order valence-corrected chi connectivity index (χ0v) is 15.7. The van der Waals surface area contributed by atoms with Gasteiger partial charge in [-0.2, -0.15) is 5.10 Å². The number of hydrogen-bond donors (Lipinski definition) is 2. The fourth-order valence-electron chi connectivity index (χ4n) is 2.29. The second kappa shape index (κ2) is 9.58. The molecule has 0 aliphatic rings. The number of carbonyl (C=O) groups is 2. The molecule has 0 unspecified atom stereocenters. The van der Waals surface area contributed by atoms with Crippen LogP contribution in [-0.2, 0) is 16.0 Å². The fourth-order valence-corrected chi connectivity index (χ4v) is 2.99. The molecule has 2 aromatic rings. The van der Waals surface area contributed by atoms with Gasteiger partial charge in [-0.25, -0.2) is 5.43 Å². The fraction of sp³-hybridized carbons (Fsp3) is 0.278. The Kier molecular flexibility index (Phi) is 7.18. The predicted molar refractivity (Wildman–Crippen MR) is 104 cm³/mol. The van der Waals surface area contributed by atoms with E-state index in [0.29, 0.717) is 5.56 Å². The maximum atomic E-state index is 12.3. The van der Waals surface area contributed by atoms with Gasteiger partial charge in [0.15, 0.2) is 0 Å². The summed E-state index contributed by atoms with van der Waals surface area (Å²) in [5.41, 5.74) is 2.79. The average molecular weight is 388 g/mol. The molecule has 2 rings (SSSR count). The number of hydrogen-bond acceptors (Lipinski definition) is 6. The second-order valence-electron chi connectivity index (χ2n) is 6.13. The van der Waals surface area contributed by atoms with Gasteiger partial charge in [-0.1, -0.05) is 32.0 Å². The number of benzene rings is 1. The smallest absolute Gasteiger partial charge is 0.270 e. The molecular weight excluding hydrogens is 368 g/mol. The van der Waals surface area contributed by atoms with E-state index in [1.165, 1.54) is 35.8 Å². The van der Waals surface area contributed by atoms with Gasteiger partial charge >= 0.3 is 0 Å². The molecule has 0 aliphatic heterocycles. The van der Waals surface area contributed by atoms with Crippen LogP contribution in [0.1, 0.15) is 24.3 Å². The minimum absolute atomic E-state index is 0.0637. The largest absolute Gasteiger partial charge is 0.344 e. The minimum atomic E-state index is -0.736. The lowest BCUT2D eigenvalue weighted by Gasteiger charge is -2.20. The molecule has 0 saturated heterocycles. The highest BCUT2D eigenvalue weighted by Gasteiger charge is 2.24. The van der Waals surface area contributed by atoms with E-state index in [1.807, 2.05) is 31.4 Å². The van der Waals surface area contributed by atoms with Crippen molar-refractivity contribution in [3.05, 3.63) is 62.3 Å². The van der Waals surface area contributed by atoms with Gasteiger partial charge in [0.05, 0.1) is 17.6 Å². The number of amides is 2. The first-order valence-corrected chi connectivity index (χ1v) is 9.14. The van der Waals surface area contributed by atoms with Gasteiger partial charge in [-0.3, -0.25) is 19.7 Å². The molecule has 142 valence electrons. The lowest BCUT2D eigenvalue weighted by Crippen LogP contribution is -2.49. The van der Waals surface area contributed by atoms with Crippen LogP contribution in [-0.4, -0.2) is 29.0 Å². The highest BCUT2D eigenvalue weighted by molar-refractivity contribution is 7.10. The molecule has 1 aromatic heterocycles. The first kappa shape index (κ1) is 20.2. The summed E-state index contributed by atoms with van der Waals surface area (Å²) >= 11 is 1.48. The normalized spacial score (nSPS) is 12.1. The molecule has 9 heteroatoms. The van der Waals surface area contributed by atoms with Crippen LogP contribution in [0, 0.1) is 16.0 Å². The van der Waals surface area contributed by atoms with Crippen LogP contribution in [0.4, 0.5) is 5.69 Å². The quantitative estimate of drug-likeness (QED) is 0.411. The molecule has 8 nitrogen and oxygen atoms in total. The third kappa shape index (κ3) is 6.30. The predicted octanol–water partition coefficient (Wildman–Crippen LogP) is 2.49. The van der Waals surface area contributed by atoms with Crippen molar-refractivity contribution in [2.24, 2.45) is 11.0 Å². The topological polar surface area (TPSA) is 114 Å². The van der Waals surface area contributed by atoms with Crippen molar-refractivity contribution in [2.75, 3.05) is 0 Å². The summed E-state index contributed by atoms with van der Waals surface area (Å²) in [6.07, 6.45) is 1.53. The van der Waals surface area contributed by atoms with E-state index >= 15 is 0 Å². The van der Waals surface area contributed by atoms with Crippen molar-refractivity contribution < 1.29 is 14.5 Å². The van der Waals surface area contributed by atoms with Crippen LogP contribution in [0.5, 0.6) is 0 Å². The number of rotatable bonds is 8. The van der Waals surface area contributed by atoms with Crippen LogP contribution in [0.3, 0.4) is 0 Å². The SMILES string of the molecule is CC(C)[C@H](NC(=O)Cc1cccs1)C(=O)N/N=C/c1cccc([N+](=O)[O-])c1. The summed E-state index contributed by atoms with van der Waals surface area (Å²) in [6, 6.07) is 8.86. The Morgan fingerprint density at radius 3 is 2.70 bits per heavy atom. The van der Waals surface area contributed by atoms with Crippen molar-refractivity contribution in [3.63, 3.8) is 0 Å². The van der Waals surface area contributed by atoms with Gasteiger partial charge in [0.25, 0.3) is 11.6 Å². The minimum Gasteiger partial charge on any atom is -0.344 e. The Balaban J connectivity index is 1.95. The highest BCUT2D eigenvalue weighted by atomic mass is 32.1. The number of nitro groups is 1. The highest BCUT2D eigenvalue weighted by Crippen LogP contribution is 2.12. The number of nitrogens with zero attached hydrogens (tertiary/aromatic N) is 2. The Bertz CT molecular complexity index is 834. The molecule has 1 aromatic carbocycles. The van der Waals surface area contributed by atoms with Gasteiger partial charge < -0.3 is 5.32 Å². The second-order valence-corrected chi connectivity index (χ2v) is 7.16. The maximum Gasteiger partial charge on any atom is 0.270 e. The zero-order chi connectivity index (χ0) is 19.8. The number of thiophene rings is 1. The number of nitro benzene ring substituents is 1. The van der Waals surface area contributed by atoms with E-state index in [-0.39, 0.29) is 23.9 Å². The molecule has 0 spiro atoms. The van der Waals surface area contributed by atoms with E-state index in [2.05, 4.69) is 15.8 Å². The van der Waals surface area contributed by atoms with Gasteiger partial charge in [-0.15, -0.1) is 11.3 Å². The summed E-state index contributed by atoms with van der Waals surface area (Å²) in [5, 5.41) is 19.2. The van der Waals surface area contributed by atoms with E-state index < -0.39 is 16.9 Å². The Labute approximate surface area is 160 Å². The van der Waals surface area contributed by atoms with Crippen molar-refractivity contribution in [2.45, 2.75) is 26.3 Å². The molecule has 2 amide bonds. The standard InChI is InChI=1S/C18H20N4O4S/c1-12(2)17(20-16(23)10-15-7-4-8-27-15)18(24)21-19-11-13-5-3-6-14(9-13)22(25)26/h3-9,11-12,17H,10H2,1-2H3,(H,20,23)(H,21,24)/b19-11+/t17-/m0/s1. The van der Waals surface area contributed by atoms with E-state index in [9.17, 15) is 19.7 Å². The zero-order valence-electron chi connectivity index (χ0n) is 14.9. The van der Waals surface area contributed by atoms with Crippen molar-refractivity contribution >= 4 is 35.1 Å². The number of carbonyl (C=O) groups excluding carboxylic acids is 2. The Morgan fingerprint density at radius 2 is 2.07 bits per heavy atom. The molecule has 1 heterocycles. The molecule has 1 atom stereocenters. The van der Waals surface area contributed by atoms with E-state index in [0.717, 1.165) is 4.88 Å². The van der Waals surface area contributed by atoms with Gasteiger partial charge in [0.2, 0.25) is 5.91 Å². The van der Waals surface area contributed by atoms with Crippen LogP contribution in [0.15, 0.2) is 46.9 Å². The first-order chi connectivity index (χ1) is 12.9. The number of hydrazone groups is 1. The molecule has 0 bridgehead atoms. The van der Waals surface area contributed by atoms with Crippen LogP contribution in [0.2, 0.25) is 0 Å². The maximum absolute atomic E-state index is 12.3. The number of non-ortho nitro benzene ring substituents is 1. The van der Waals surface area contributed by atoms with Crippen molar-refractivity contribution in [1.29, 1.82) is 0 Å². The van der Waals surface area contributed by atoms with Crippen molar-refractivity contribution in [3.8, 4) is 0 Å². The summed E-state index contributed by atoms with van der Waals surface area (Å²) in [4.78, 5) is 35.7. The van der Waals surface area contributed by atoms with Crippen LogP contribution < -0.4 is 10.7 Å². The Hall–Kier alpha value is -3.07.